The van der Waals surface area contributed by atoms with E-state index in [1.807, 2.05) is 0 Å². The topological polar surface area (TPSA) is 6.48 Å². The fraction of sp³-hybridized carbons (Fsp3) is 0.909. The summed E-state index contributed by atoms with van der Waals surface area (Å²) in [6.07, 6.45) is 27.6. The molecule has 0 aromatic rings. The van der Waals surface area contributed by atoms with Crippen molar-refractivity contribution in [2.75, 3.05) is 20.3 Å². The molecule has 0 unspecified atom stereocenters. The van der Waals surface area contributed by atoms with E-state index in [0.29, 0.717) is 0 Å². The molecule has 0 aromatic carbocycles. The zero-order valence-electron chi connectivity index (χ0n) is 18.5. The number of hydrogen-bond donors (Lipinski definition) is 0. The molecule has 0 amide bonds. The summed E-state index contributed by atoms with van der Waals surface area (Å²) in [4.78, 5) is 4.66. The van der Waals surface area contributed by atoms with Crippen LogP contribution in [-0.4, -0.2) is 55.9 Å². The number of rotatable bonds is 17. The van der Waals surface area contributed by atoms with Gasteiger partial charge in [0.1, 0.15) is 0 Å². The molecule has 1 aliphatic heterocycles. The third-order valence-electron chi connectivity index (χ3n) is 5.24. The third kappa shape index (κ3) is 23.4. The third-order valence-corrected chi connectivity index (χ3v) is 5.24. The number of nitrogens with zero attached hydrogens (tertiary/aromatic N) is 2. The second-order valence-corrected chi connectivity index (χ2v) is 7.81. The average molecular weight is 558 g/mol. The van der Waals surface area contributed by atoms with Crippen LogP contribution in [0, 0.1) is 0 Å². The van der Waals surface area contributed by atoms with Gasteiger partial charge in [-0.05, 0) is 6.42 Å². The van der Waals surface area contributed by atoms with Gasteiger partial charge in [0.25, 0.3) is 0 Å². The van der Waals surface area contributed by atoms with Crippen LogP contribution in [0.15, 0.2) is 12.4 Å². The van der Waals surface area contributed by atoms with Gasteiger partial charge in [-0.25, -0.2) is 0 Å². The van der Waals surface area contributed by atoms with Crippen molar-refractivity contribution in [1.82, 2.24) is 9.80 Å². The smallest absolute Gasteiger partial charge is 1.00 e. The summed E-state index contributed by atoms with van der Waals surface area (Å²) < 4.78 is 0. The van der Waals surface area contributed by atoms with Crippen molar-refractivity contribution in [3.8, 4) is 0 Å². The van der Waals surface area contributed by atoms with Crippen LogP contribution in [0.3, 0.4) is 0 Å². The maximum Gasteiger partial charge on any atom is 3.00 e. The maximum absolute atomic E-state index is 2.42. The Kier molecular flexibility index (Phi) is 36.6. The van der Waals surface area contributed by atoms with Gasteiger partial charge in [0.15, 0.2) is 0 Å². The van der Waals surface area contributed by atoms with Gasteiger partial charge in [-0.1, -0.05) is 103 Å². The Morgan fingerprint density at radius 2 is 0.929 bits per heavy atom. The number of unbranched alkanes of at least 4 members (excludes halogenated alkanes) is 15. The molecule has 0 N–H and O–H groups in total. The first-order valence-electron chi connectivity index (χ1n) is 11.0. The Bertz CT molecular complexity index is 308. The van der Waals surface area contributed by atoms with Crippen molar-refractivity contribution in [3.05, 3.63) is 12.4 Å². The Morgan fingerprint density at radius 3 is 1.25 bits per heavy atom. The molecule has 1 aliphatic rings. The van der Waals surface area contributed by atoms with Gasteiger partial charge < -0.3 is 47.0 Å². The van der Waals surface area contributed by atoms with Crippen LogP contribution in [0.2, 0.25) is 0 Å². The molecule has 28 heavy (non-hydrogen) atoms. The summed E-state index contributed by atoms with van der Waals surface area (Å²) in [7, 11) is 2.14. The molecule has 0 saturated carbocycles. The molecule has 1 heterocycles. The van der Waals surface area contributed by atoms with Gasteiger partial charge >= 0.3 is 25.8 Å². The van der Waals surface area contributed by atoms with E-state index in [-0.39, 0.29) is 63.1 Å². The average Bonchev–Trinajstić information content (AvgIpc) is 3.00. The molecule has 0 saturated heterocycles. The normalized spacial score (nSPS) is 12.1. The van der Waals surface area contributed by atoms with Crippen molar-refractivity contribution < 1.29 is 37.2 Å². The second kappa shape index (κ2) is 28.1. The molecule has 6 heteroatoms. The minimum Gasteiger partial charge on any atom is -1.00 e. The second-order valence-electron chi connectivity index (χ2n) is 7.81. The predicted molar refractivity (Wildman–Crippen MR) is 114 cm³/mol. The molecule has 0 bridgehead atoms. The predicted octanol–water partition coefficient (Wildman–Crippen LogP) is -2.44. The summed E-state index contributed by atoms with van der Waals surface area (Å²) in [5.74, 6) is 0. The summed E-state index contributed by atoms with van der Waals surface area (Å²) in [6, 6.07) is 0. The van der Waals surface area contributed by atoms with Crippen LogP contribution in [0.5, 0.6) is 0 Å². The fourth-order valence-electron chi connectivity index (χ4n) is 3.60. The van der Waals surface area contributed by atoms with Crippen LogP contribution < -0.4 is 37.2 Å². The molecule has 0 aliphatic carbocycles. The van der Waals surface area contributed by atoms with Gasteiger partial charge in [-0.15, -0.1) is 0 Å². The standard InChI is InChI=1S/C22H44N2.3ClH.In/c1-3-4-5-6-7-8-9-10-11-12-13-14-15-16-17-18-19-24-21-20-23(2)22-24;;;;/h20-21H,3-19,22H2,1-2H3;3*1H;/q;;;;+3/p-3. The Morgan fingerprint density at radius 1 is 0.571 bits per heavy atom. The summed E-state index contributed by atoms with van der Waals surface area (Å²) in [5.41, 5.74) is 0. The van der Waals surface area contributed by atoms with Gasteiger partial charge in [0, 0.05) is 26.0 Å². The molecule has 166 valence electrons. The molecular formula is C22H44Cl3InN2. The minimum atomic E-state index is 0. The van der Waals surface area contributed by atoms with Crippen molar-refractivity contribution >= 4 is 25.8 Å². The largest absolute Gasteiger partial charge is 3.00 e. The molecule has 0 aromatic heterocycles. The quantitative estimate of drug-likeness (QED) is 0.184. The van der Waals surface area contributed by atoms with E-state index in [1.165, 1.54) is 109 Å². The van der Waals surface area contributed by atoms with E-state index in [4.69, 9.17) is 0 Å². The molecule has 1 rings (SSSR count). The van der Waals surface area contributed by atoms with Gasteiger partial charge in [0.05, 0.1) is 6.67 Å². The van der Waals surface area contributed by atoms with E-state index >= 15 is 0 Å². The first-order valence-corrected chi connectivity index (χ1v) is 11.0. The minimum absolute atomic E-state index is 0. The van der Waals surface area contributed by atoms with E-state index in [9.17, 15) is 0 Å². The molecule has 0 radical (unpaired) electrons. The molecule has 2 nitrogen and oxygen atoms in total. The van der Waals surface area contributed by atoms with Crippen LogP contribution in [0.1, 0.15) is 110 Å². The van der Waals surface area contributed by atoms with Crippen LogP contribution in [0.25, 0.3) is 0 Å². The monoisotopic (exact) mass is 556 g/mol. The first kappa shape index (κ1) is 36.5. The zero-order chi connectivity index (χ0) is 17.3. The van der Waals surface area contributed by atoms with E-state index < -0.39 is 0 Å². The fourth-order valence-corrected chi connectivity index (χ4v) is 3.60. The Hall–Kier alpha value is 1.08. The van der Waals surface area contributed by atoms with Gasteiger partial charge in [-0.2, -0.15) is 0 Å². The maximum atomic E-state index is 2.42. The van der Waals surface area contributed by atoms with Crippen molar-refractivity contribution in [1.29, 1.82) is 0 Å². The van der Waals surface area contributed by atoms with Crippen molar-refractivity contribution in [2.45, 2.75) is 110 Å². The van der Waals surface area contributed by atoms with Crippen LogP contribution in [0.4, 0.5) is 0 Å². The molecule has 0 fully saturated rings. The Labute approximate surface area is 214 Å². The molecule has 0 spiro atoms. The van der Waals surface area contributed by atoms with Crippen LogP contribution >= 0.6 is 0 Å². The van der Waals surface area contributed by atoms with E-state index in [2.05, 4.69) is 36.2 Å². The summed E-state index contributed by atoms with van der Waals surface area (Å²) >= 11 is 0. The number of halogens is 3. The van der Waals surface area contributed by atoms with Crippen molar-refractivity contribution in [3.63, 3.8) is 0 Å². The van der Waals surface area contributed by atoms with Crippen molar-refractivity contribution in [2.24, 2.45) is 0 Å². The molecule has 0 atom stereocenters. The molecular weight excluding hydrogens is 513 g/mol. The van der Waals surface area contributed by atoms with E-state index in [1.54, 1.807) is 0 Å². The van der Waals surface area contributed by atoms with Gasteiger partial charge in [-0.3, -0.25) is 0 Å². The summed E-state index contributed by atoms with van der Waals surface area (Å²) in [6.45, 7) is 4.61. The van der Waals surface area contributed by atoms with Gasteiger partial charge in [0.2, 0.25) is 0 Å². The van der Waals surface area contributed by atoms with E-state index in [0.717, 1.165) is 6.67 Å². The summed E-state index contributed by atoms with van der Waals surface area (Å²) in [5, 5.41) is 0. The zero-order valence-corrected chi connectivity index (χ0v) is 24.1. The first-order chi connectivity index (χ1) is 11.8. The number of hydrogen-bond acceptors (Lipinski definition) is 2. The van der Waals surface area contributed by atoms with Crippen LogP contribution in [-0.2, 0) is 0 Å². The SMILES string of the molecule is CCCCCCCCCCCCCCCCCCN1C=CN(C)C1.[Cl-].[Cl-].[Cl-].[In+3]. The Balaban J connectivity index is -0.000000720.